The molecule has 0 saturated carbocycles. The van der Waals surface area contributed by atoms with Gasteiger partial charge in [0, 0.05) is 0 Å². The summed E-state index contributed by atoms with van der Waals surface area (Å²) in [5.74, 6) is -0.581. The van der Waals surface area contributed by atoms with Gasteiger partial charge in [-0.3, -0.25) is 9.59 Å². The summed E-state index contributed by atoms with van der Waals surface area (Å²) in [7, 11) is 0. The molecule has 3 aromatic carbocycles. The number of nitrogens with two attached hydrogens (primary N) is 1. The average Bonchev–Trinajstić information content (AvgIpc) is 3.07. The predicted octanol–water partition coefficient (Wildman–Crippen LogP) is 3.19. The molecule has 0 amide bonds. The van der Waals surface area contributed by atoms with Crippen LogP contribution in [0.1, 0.15) is 22.6 Å². The fourth-order valence-electron chi connectivity index (χ4n) is 4.09. The highest BCUT2D eigenvalue weighted by molar-refractivity contribution is 5.93. The minimum Gasteiger partial charge on any atom is -0.508 e. The van der Waals surface area contributed by atoms with Crippen LogP contribution in [0.15, 0.2) is 72.8 Å². The van der Waals surface area contributed by atoms with Crippen LogP contribution in [0.3, 0.4) is 0 Å². The lowest BCUT2D eigenvalue weighted by Gasteiger charge is -2.25. The van der Waals surface area contributed by atoms with E-state index in [4.69, 9.17) is 10.5 Å². The van der Waals surface area contributed by atoms with Gasteiger partial charge in [0.1, 0.15) is 5.75 Å². The van der Waals surface area contributed by atoms with E-state index >= 15 is 0 Å². The van der Waals surface area contributed by atoms with Gasteiger partial charge < -0.3 is 15.6 Å². The number of phenols is 1. The molecule has 3 N–H and O–H groups in total. The molecule has 4 rings (SSSR count). The highest BCUT2D eigenvalue weighted by atomic mass is 16.5. The zero-order chi connectivity index (χ0) is 20.4. The van der Waals surface area contributed by atoms with Gasteiger partial charge in [0.2, 0.25) is 0 Å². The standard InChI is InChI=1S/C24H21NO4/c25-21(13-15-9-11-16(27)12-10-15)23(28)24(29-14-26)22-19-7-3-1-5-17(19)18-6-2-4-8-20(18)22/h1-12,14,21-22,24,27H,13,25H2/t21-,24?/m0/s1. The maximum absolute atomic E-state index is 13.3. The van der Waals surface area contributed by atoms with Crippen molar-refractivity contribution >= 4 is 12.3 Å². The number of fused-ring (bicyclic) bond motifs is 3. The van der Waals surface area contributed by atoms with Crippen LogP contribution in [-0.2, 0) is 20.7 Å². The minimum absolute atomic E-state index is 0.148. The van der Waals surface area contributed by atoms with Crippen molar-refractivity contribution < 1.29 is 19.4 Å². The Morgan fingerprint density at radius 1 is 0.966 bits per heavy atom. The van der Waals surface area contributed by atoms with Crippen LogP contribution in [0.4, 0.5) is 0 Å². The molecular weight excluding hydrogens is 366 g/mol. The summed E-state index contributed by atoms with van der Waals surface area (Å²) in [6.07, 6.45) is -0.724. The largest absolute Gasteiger partial charge is 0.508 e. The molecule has 5 nitrogen and oxygen atoms in total. The molecule has 0 saturated heterocycles. The Morgan fingerprint density at radius 2 is 1.52 bits per heavy atom. The highest BCUT2D eigenvalue weighted by Gasteiger charge is 2.40. The molecule has 1 unspecified atom stereocenters. The summed E-state index contributed by atoms with van der Waals surface area (Å²) in [4.78, 5) is 24.5. The summed E-state index contributed by atoms with van der Waals surface area (Å²) < 4.78 is 5.33. The van der Waals surface area contributed by atoms with Gasteiger partial charge in [-0.1, -0.05) is 60.7 Å². The monoisotopic (exact) mass is 387 g/mol. The predicted molar refractivity (Wildman–Crippen MR) is 109 cm³/mol. The second-order valence-corrected chi connectivity index (χ2v) is 7.18. The number of ether oxygens (including phenoxy) is 1. The van der Waals surface area contributed by atoms with Gasteiger partial charge >= 0.3 is 0 Å². The van der Waals surface area contributed by atoms with Crippen molar-refractivity contribution in [3.8, 4) is 16.9 Å². The topological polar surface area (TPSA) is 89.6 Å². The van der Waals surface area contributed by atoms with Crippen LogP contribution in [-0.4, -0.2) is 29.5 Å². The molecule has 0 aromatic heterocycles. The Labute approximate surface area is 168 Å². The van der Waals surface area contributed by atoms with Crippen molar-refractivity contribution in [3.63, 3.8) is 0 Å². The molecule has 0 fully saturated rings. The van der Waals surface area contributed by atoms with Crippen molar-refractivity contribution in [3.05, 3.63) is 89.5 Å². The van der Waals surface area contributed by atoms with Crippen LogP contribution in [0.5, 0.6) is 5.75 Å². The summed E-state index contributed by atoms with van der Waals surface area (Å²) >= 11 is 0. The van der Waals surface area contributed by atoms with Crippen LogP contribution < -0.4 is 5.73 Å². The second kappa shape index (κ2) is 7.89. The number of Topliss-reactive ketones (excluding diaryl/α,β-unsaturated/α-hetero) is 1. The lowest BCUT2D eigenvalue weighted by atomic mass is 9.86. The molecular formula is C24H21NO4. The van der Waals surface area contributed by atoms with Crippen molar-refractivity contribution in [2.24, 2.45) is 5.73 Å². The van der Waals surface area contributed by atoms with E-state index in [1.54, 1.807) is 24.3 Å². The molecule has 0 bridgehead atoms. The summed E-state index contributed by atoms with van der Waals surface area (Å²) in [5, 5.41) is 9.43. The SMILES string of the molecule is N[C@@H](Cc1ccc(O)cc1)C(=O)C(OC=O)C1c2ccccc2-c2ccccc21. The van der Waals surface area contributed by atoms with Gasteiger partial charge in [-0.25, -0.2) is 0 Å². The normalized spacial score (nSPS) is 14.5. The maximum atomic E-state index is 13.3. The first-order valence-electron chi connectivity index (χ1n) is 9.44. The van der Waals surface area contributed by atoms with Gasteiger partial charge in [-0.15, -0.1) is 0 Å². The van der Waals surface area contributed by atoms with Crippen LogP contribution in [0.2, 0.25) is 0 Å². The Kier molecular flexibility index (Phi) is 5.14. The van der Waals surface area contributed by atoms with Crippen LogP contribution in [0, 0.1) is 0 Å². The van der Waals surface area contributed by atoms with Crippen molar-refractivity contribution in [2.75, 3.05) is 0 Å². The number of carbonyl (C=O) groups excluding carboxylic acids is 2. The second-order valence-electron chi connectivity index (χ2n) is 7.18. The first-order chi connectivity index (χ1) is 14.1. The Morgan fingerprint density at radius 3 is 2.07 bits per heavy atom. The molecule has 0 aliphatic heterocycles. The molecule has 2 atom stereocenters. The number of rotatable bonds is 7. The third-order valence-electron chi connectivity index (χ3n) is 5.42. The first-order valence-corrected chi connectivity index (χ1v) is 9.44. The maximum Gasteiger partial charge on any atom is 0.293 e. The van der Waals surface area contributed by atoms with E-state index in [9.17, 15) is 14.7 Å². The number of hydrogen-bond acceptors (Lipinski definition) is 5. The van der Waals surface area contributed by atoms with E-state index < -0.39 is 18.1 Å². The first kappa shape index (κ1) is 18.9. The van der Waals surface area contributed by atoms with Crippen LogP contribution in [0.25, 0.3) is 11.1 Å². The Hall–Kier alpha value is -3.44. The van der Waals surface area contributed by atoms with E-state index in [1.165, 1.54) is 0 Å². The summed E-state index contributed by atoms with van der Waals surface area (Å²) in [5.41, 5.74) is 11.0. The van der Waals surface area contributed by atoms with Gasteiger partial charge in [0.05, 0.1) is 12.0 Å². The fraction of sp³-hybridized carbons (Fsp3) is 0.167. The summed E-state index contributed by atoms with van der Waals surface area (Å²) in [6, 6.07) is 21.4. The molecule has 29 heavy (non-hydrogen) atoms. The molecule has 5 heteroatoms. The number of ketones is 1. The zero-order valence-electron chi connectivity index (χ0n) is 15.7. The highest BCUT2D eigenvalue weighted by Crippen LogP contribution is 2.47. The number of carbonyl (C=O) groups is 2. The van der Waals surface area contributed by atoms with Gasteiger partial charge in [-0.2, -0.15) is 0 Å². The van der Waals surface area contributed by atoms with Gasteiger partial charge in [0.25, 0.3) is 6.47 Å². The van der Waals surface area contributed by atoms with Gasteiger partial charge in [0.15, 0.2) is 11.9 Å². The molecule has 0 heterocycles. The smallest absolute Gasteiger partial charge is 0.293 e. The molecule has 1 aliphatic rings. The Bertz CT molecular complexity index is 999. The molecule has 0 spiro atoms. The minimum atomic E-state index is -1.01. The number of phenolic OH excluding ortho intramolecular Hbond substituents is 1. The lowest BCUT2D eigenvalue weighted by molar-refractivity contribution is -0.145. The number of aromatic hydroxyl groups is 1. The van der Waals surface area contributed by atoms with Crippen molar-refractivity contribution in [1.82, 2.24) is 0 Å². The molecule has 1 aliphatic carbocycles. The van der Waals surface area contributed by atoms with E-state index in [-0.39, 0.29) is 18.0 Å². The Balaban J connectivity index is 1.67. The lowest BCUT2D eigenvalue weighted by Crippen LogP contribution is -2.44. The average molecular weight is 387 g/mol. The quantitative estimate of drug-likeness (QED) is 0.608. The third-order valence-corrected chi connectivity index (χ3v) is 5.42. The van der Waals surface area contributed by atoms with E-state index in [2.05, 4.69) is 0 Å². The summed E-state index contributed by atoms with van der Waals surface area (Å²) in [6.45, 7) is 0.319. The van der Waals surface area contributed by atoms with Crippen molar-refractivity contribution in [2.45, 2.75) is 24.5 Å². The molecule has 146 valence electrons. The third kappa shape index (κ3) is 3.52. The number of hydrogen-bond donors (Lipinski definition) is 2. The number of benzene rings is 3. The van der Waals surface area contributed by atoms with Crippen molar-refractivity contribution in [1.29, 1.82) is 0 Å². The van der Waals surface area contributed by atoms with Gasteiger partial charge in [-0.05, 0) is 46.4 Å². The molecule has 0 radical (unpaired) electrons. The van der Waals surface area contributed by atoms with E-state index in [1.807, 2.05) is 48.5 Å². The van der Waals surface area contributed by atoms with Crippen LogP contribution >= 0.6 is 0 Å². The molecule has 3 aromatic rings. The van der Waals surface area contributed by atoms with E-state index in [0.717, 1.165) is 27.8 Å². The van der Waals surface area contributed by atoms with E-state index in [0.29, 0.717) is 6.47 Å². The fourth-order valence-corrected chi connectivity index (χ4v) is 4.09. The zero-order valence-corrected chi connectivity index (χ0v) is 15.7.